The van der Waals surface area contributed by atoms with E-state index in [9.17, 15) is 4.79 Å². The molecule has 0 aliphatic carbocycles. The molecule has 2 aromatic carbocycles. The Morgan fingerprint density at radius 2 is 1.79 bits per heavy atom. The monoisotopic (exact) mass is 469 g/mol. The molecule has 0 aliphatic heterocycles. The molecule has 0 unspecified atom stereocenters. The second-order valence-corrected chi connectivity index (χ2v) is 8.27. The van der Waals surface area contributed by atoms with Crippen molar-refractivity contribution in [3.63, 3.8) is 0 Å². The molecule has 0 bridgehead atoms. The highest BCUT2D eigenvalue weighted by Gasteiger charge is 2.12. The molecule has 0 saturated heterocycles. The molecular formula is C27H20ClN3O3. The lowest BCUT2D eigenvalue weighted by Crippen LogP contribution is -2.09. The van der Waals surface area contributed by atoms with Crippen LogP contribution in [0.15, 0.2) is 81.8 Å². The van der Waals surface area contributed by atoms with E-state index in [1.807, 2.05) is 62.4 Å². The molecule has 3 aromatic heterocycles. The Labute approximate surface area is 200 Å². The minimum Gasteiger partial charge on any atom is -0.457 e. The van der Waals surface area contributed by atoms with E-state index in [0.717, 1.165) is 22.3 Å². The molecule has 1 amide bonds. The van der Waals surface area contributed by atoms with Gasteiger partial charge in [0.15, 0.2) is 11.2 Å². The standard InChI is InChI=1S/C27H20ClN3O3/c1-16-5-7-18(14-21(16)28)23-11-9-20(33-23)10-12-25(32)30-22-15-19(8-6-17(22)2)27-31-26-24(34-27)4-3-13-29-26/h3-15H,1-2H3,(H,30,32). The van der Waals surface area contributed by atoms with Crippen LogP contribution in [0.5, 0.6) is 0 Å². The molecule has 5 aromatic rings. The van der Waals surface area contributed by atoms with Gasteiger partial charge in [0.1, 0.15) is 11.5 Å². The van der Waals surface area contributed by atoms with Crippen LogP contribution >= 0.6 is 11.6 Å². The molecule has 0 saturated carbocycles. The van der Waals surface area contributed by atoms with Gasteiger partial charge < -0.3 is 14.2 Å². The number of fused-ring (bicyclic) bond motifs is 1. The van der Waals surface area contributed by atoms with E-state index in [4.69, 9.17) is 20.4 Å². The average Bonchev–Trinajstić information content (AvgIpc) is 3.48. The summed E-state index contributed by atoms with van der Waals surface area (Å²) in [6, 6.07) is 18.6. The van der Waals surface area contributed by atoms with Crippen LogP contribution in [0.1, 0.15) is 16.9 Å². The van der Waals surface area contributed by atoms with Gasteiger partial charge in [-0.15, -0.1) is 0 Å². The van der Waals surface area contributed by atoms with Gasteiger partial charge in [0.25, 0.3) is 0 Å². The highest BCUT2D eigenvalue weighted by atomic mass is 35.5. The summed E-state index contributed by atoms with van der Waals surface area (Å²) in [5, 5.41) is 3.58. The van der Waals surface area contributed by atoms with Gasteiger partial charge in [-0.2, -0.15) is 4.98 Å². The van der Waals surface area contributed by atoms with Crippen LogP contribution in [-0.2, 0) is 4.79 Å². The van der Waals surface area contributed by atoms with Crippen molar-refractivity contribution in [1.29, 1.82) is 0 Å². The number of halogens is 1. The highest BCUT2D eigenvalue weighted by Crippen LogP contribution is 2.29. The Morgan fingerprint density at radius 1 is 0.971 bits per heavy atom. The maximum atomic E-state index is 12.6. The van der Waals surface area contributed by atoms with Crippen molar-refractivity contribution in [2.45, 2.75) is 13.8 Å². The van der Waals surface area contributed by atoms with E-state index in [2.05, 4.69) is 15.3 Å². The third-order valence-corrected chi connectivity index (χ3v) is 5.80. The molecule has 0 spiro atoms. The summed E-state index contributed by atoms with van der Waals surface area (Å²) in [6.45, 7) is 3.87. The molecule has 0 atom stereocenters. The number of carbonyl (C=O) groups excluding carboxylic acids is 1. The van der Waals surface area contributed by atoms with Gasteiger partial charge in [-0.05, 0) is 73.5 Å². The van der Waals surface area contributed by atoms with Crippen LogP contribution < -0.4 is 5.32 Å². The molecule has 7 heteroatoms. The van der Waals surface area contributed by atoms with E-state index < -0.39 is 0 Å². The molecule has 6 nitrogen and oxygen atoms in total. The van der Waals surface area contributed by atoms with Crippen LogP contribution in [0.4, 0.5) is 5.69 Å². The van der Waals surface area contributed by atoms with E-state index in [1.54, 1.807) is 24.4 Å². The zero-order valence-corrected chi connectivity index (χ0v) is 19.3. The van der Waals surface area contributed by atoms with Crippen molar-refractivity contribution in [3.8, 4) is 22.8 Å². The molecule has 3 heterocycles. The smallest absolute Gasteiger partial charge is 0.248 e. The fraction of sp³-hybridized carbons (Fsp3) is 0.0741. The predicted molar refractivity (Wildman–Crippen MR) is 134 cm³/mol. The minimum absolute atomic E-state index is 0.282. The first-order valence-corrected chi connectivity index (χ1v) is 11.0. The van der Waals surface area contributed by atoms with Gasteiger partial charge in [0, 0.05) is 34.1 Å². The predicted octanol–water partition coefficient (Wildman–Crippen LogP) is 7.07. The van der Waals surface area contributed by atoms with Crippen LogP contribution in [0.3, 0.4) is 0 Å². The average molecular weight is 470 g/mol. The minimum atomic E-state index is -0.282. The Balaban J connectivity index is 1.31. The van der Waals surface area contributed by atoms with Gasteiger partial charge >= 0.3 is 0 Å². The summed E-state index contributed by atoms with van der Waals surface area (Å²) in [7, 11) is 0. The van der Waals surface area contributed by atoms with E-state index in [-0.39, 0.29) is 5.91 Å². The van der Waals surface area contributed by atoms with Crippen LogP contribution in [0.2, 0.25) is 5.02 Å². The number of carbonyl (C=O) groups is 1. The number of hydrogen-bond acceptors (Lipinski definition) is 5. The second kappa shape index (κ2) is 9.00. The zero-order chi connectivity index (χ0) is 23.7. The van der Waals surface area contributed by atoms with Crippen molar-refractivity contribution < 1.29 is 13.6 Å². The van der Waals surface area contributed by atoms with Crippen molar-refractivity contribution in [2.75, 3.05) is 5.32 Å². The lowest BCUT2D eigenvalue weighted by molar-refractivity contribution is -0.111. The lowest BCUT2D eigenvalue weighted by atomic mass is 10.1. The van der Waals surface area contributed by atoms with Gasteiger partial charge in [-0.25, -0.2) is 4.98 Å². The molecule has 0 fully saturated rings. The number of aryl methyl sites for hydroxylation is 2. The summed E-state index contributed by atoms with van der Waals surface area (Å²) >= 11 is 6.21. The van der Waals surface area contributed by atoms with Crippen LogP contribution in [0, 0.1) is 13.8 Å². The number of amides is 1. The van der Waals surface area contributed by atoms with Crippen molar-refractivity contribution in [1.82, 2.24) is 9.97 Å². The maximum absolute atomic E-state index is 12.6. The Bertz CT molecular complexity index is 1520. The Kier molecular flexibility index (Phi) is 5.74. The molecule has 1 N–H and O–H groups in total. The molecule has 34 heavy (non-hydrogen) atoms. The van der Waals surface area contributed by atoms with Gasteiger partial charge in [0.2, 0.25) is 11.8 Å². The number of oxazole rings is 1. The first-order chi connectivity index (χ1) is 16.5. The lowest BCUT2D eigenvalue weighted by Gasteiger charge is -2.07. The number of rotatable bonds is 5. The molecule has 0 radical (unpaired) electrons. The third-order valence-electron chi connectivity index (χ3n) is 5.39. The number of nitrogens with one attached hydrogen (secondary N) is 1. The highest BCUT2D eigenvalue weighted by molar-refractivity contribution is 6.31. The van der Waals surface area contributed by atoms with Crippen molar-refractivity contribution >= 4 is 40.5 Å². The van der Waals surface area contributed by atoms with Gasteiger partial charge in [-0.1, -0.05) is 29.8 Å². The van der Waals surface area contributed by atoms with Crippen LogP contribution in [0.25, 0.3) is 40.1 Å². The van der Waals surface area contributed by atoms with E-state index in [1.165, 1.54) is 6.08 Å². The summed E-state index contributed by atoms with van der Waals surface area (Å²) in [4.78, 5) is 21.2. The maximum Gasteiger partial charge on any atom is 0.248 e. The van der Waals surface area contributed by atoms with Gasteiger partial charge in [-0.3, -0.25) is 4.79 Å². The fourth-order valence-electron chi connectivity index (χ4n) is 3.46. The number of pyridine rings is 1. The van der Waals surface area contributed by atoms with Gasteiger partial charge in [0.05, 0.1) is 0 Å². The van der Waals surface area contributed by atoms with Crippen molar-refractivity contribution in [3.05, 3.63) is 94.8 Å². The van der Waals surface area contributed by atoms with E-state index >= 15 is 0 Å². The summed E-state index contributed by atoms with van der Waals surface area (Å²) in [5.41, 5.74) is 5.35. The SMILES string of the molecule is Cc1ccc(-c2ccc(C=CC(=O)Nc3cc(-c4nc5ncccc5o4)ccc3C)o2)cc1Cl. The number of benzene rings is 2. The largest absolute Gasteiger partial charge is 0.457 e. The number of furan rings is 1. The molecular weight excluding hydrogens is 450 g/mol. The Hall–Kier alpha value is -4.16. The topological polar surface area (TPSA) is 81.2 Å². The number of hydrogen-bond donors (Lipinski definition) is 1. The fourth-order valence-corrected chi connectivity index (χ4v) is 3.64. The number of aromatic nitrogens is 2. The van der Waals surface area contributed by atoms with Crippen molar-refractivity contribution in [2.24, 2.45) is 0 Å². The van der Waals surface area contributed by atoms with Crippen LogP contribution in [-0.4, -0.2) is 15.9 Å². The molecule has 0 aliphatic rings. The quantitative estimate of drug-likeness (QED) is 0.278. The number of nitrogens with zero attached hydrogens (tertiary/aromatic N) is 2. The molecule has 168 valence electrons. The second-order valence-electron chi connectivity index (χ2n) is 7.86. The normalized spacial score (nSPS) is 11.4. The summed E-state index contributed by atoms with van der Waals surface area (Å²) in [6.07, 6.45) is 4.72. The zero-order valence-electron chi connectivity index (χ0n) is 18.5. The summed E-state index contributed by atoms with van der Waals surface area (Å²) in [5.74, 6) is 1.40. The van der Waals surface area contributed by atoms with E-state index in [0.29, 0.717) is 39.4 Å². The Morgan fingerprint density at radius 3 is 2.62 bits per heavy atom. The number of anilines is 1. The first-order valence-electron chi connectivity index (χ1n) is 10.6. The molecule has 5 rings (SSSR count). The first kappa shape index (κ1) is 21.7. The summed E-state index contributed by atoms with van der Waals surface area (Å²) < 4.78 is 11.6. The third kappa shape index (κ3) is 4.49.